The Balaban J connectivity index is 4.35. The molecular weight excluding hydrogens is 206 g/mol. The van der Waals surface area contributed by atoms with Crippen molar-refractivity contribution in [2.45, 2.75) is 31.9 Å². The van der Waals surface area contributed by atoms with Crippen LogP contribution in [0.2, 0.25) is 0 Å². The summed E-state index contributed by atoms with van der Waals surface area (Å²) in [4.78, 5) is 31.8. The first-order valence-electron chi connectivity index (χ1n) is 4.31. The van der Waals surface area contributed by atoms with E-state index in [4.69, 9.17) is 15.3 Å². The van der Waals surface area contributed by atoms with Crippen LogP contribution in [0.1, 0.15) is 19.8 Å². The van der Waals surface area contributed by atoms with Crippen LogP contribution in [-0.2, 0) is 14.4 Å². The van der Waals surface area contributed by atoms with E-state index >= 15 is 0 Å². The van der Waals surface area contributed by atoms with Crippen molar-refractivity contribution in [3.05, 3.63) is 0 Å². The van der Waals surface area contributed by atoms with E-state index in [2.05, 4.69) is 0 Å². The van der Waals surface area contributed by atoms with E-state index in [1.165, 1.54) is 6.92 Å². The summed E-state index contributed by atoms with van der Waals surface area (Å²) < 4.78 is 0. The van der Waals surface area contributed by atoms with E-state index in [9.17, 15) is 14.4 Å². The van der Waals surface area contributed by atoms with E-state index in [0.29, 0.717) is 0 Å². The van der Waals surface area contributed by atoms with E-state index in [-0.39, 0.29) is 6.42 Å². The first-order chi connectivity index (χ1) is 6.88. The van der Waals surface area contributed by atoms with Crippen LogP contribution in [0.3, 0.4) is 0 Å². The highest BCUT2D eigenvalue weighted by atomic mass is 16.4. The summed E-state index contributed by atoms with van der Waals surface area (Å²) in [7, 11) is 0. The summed E-state index contributed by atoms with van der Waals surface area (Å²) in [6.45, 7) is 1.54. The Morgan fingerprint density at radius 3 is 2.13 bits per heavy atom. The molecule has 15 heavy (non-hydrogen) atoms. The van der Waals surface area contributed by atoms with E-state index in [1.54, 1.807) is 0 Å². The number of aliphatic hydroxyl groups excluding tert-OH is 1. The van der Waals surface area contributed by atoms with Crippen LogP contribution in [0.15, 0.2) is 0 Å². The van der Waals surface area contributed by atoms with Crippen molar-refractivity contribution in [1.82, 2.24) is 5.32 Å². The highest BCUT2D eigenvalue weighted by molar-refractivity contribution is 5.88. The standard InChI is InChI=1S/C8H13NO6/c1-2-5(10)7(13)9-4(8(14)15)3-6(11)12/h4-5,10H,2-3H2,1H3,(H,9,13)(H,11,12)(H,14,15)/t4-,5?/m0/s1. The Hall–Kier alpha value is -1.63. The highest BCUT2D eigenvalue weighted by Gasteiger charge is 2.25. The number of carboxylic acid groups (broad SMARTS) is 2. The molecule has 86 valence electrons. The van der Waals surface area contributed by atoms with Crippen LogP contribution in [0.25, 0.3) is 0 Å². The van der Waals surface area contributed by atoms with Crippen LogP contribution < -0.4 is 5.32 Å². The summed E-state index contributed by atoms with van der Waals surface area (Å²) in [6.07, 6.45) is -1.91. The monoisotopic (exact) mass is 219 g/mol. The molecule has 1 unspecified atom stereocenters. The molecule has 0 aromatic heterocycles. The quantitative estimate of drug-likeness (QED) is 0.445. The van der Waals surface area contributed by atoms with Gasteiger partial charge in [-0.15, -0.1) is 0 Å². The summed E-state index contributed by atoms with van der Waals surface area (Å²) in [6, 6.07) is -1.52. The van der Waals surface area contributed by atoms with Crippen molar-refractivity contribution < 1.29 is 29.7 Å². The average molecular weight is 219 g/mol. The third-order valence-electron chi connectivity index (χ3n) is 1.68. The SMILES string of the molecule is CCC(O)C(=O)N[C@@H](CC(=O)O)C(=O)O. The normalized spacial score (nSPS) is 14.0. The molecule has 7 heteroatoms. The third-order valence-corrected chi connectivity index (χ3v) is 1.68. The second kappa shape index (κ2) is 5.97. The third kappa shape index (κ3) is 4.96. The predicted octanol–water partition coefficient (Wildman–Crippen LogP) is -1.20. The van der Waals surface area contributed by atoms with Crippen LogP contribution in [0.5, 0.6) is 0 Å². The number of hydrogen-bond acceptors (Lipinski definition) is 4. The highest BCUT2D eigenvalue weighted by Crippen LogP contribution is 1.96. The number of hydrogen-bond donors (Lipinski definition) is 4. The maximum atomic E-state index is 11.1. The Morgan fingerprint density at radius 2 is 1.80 bits per heavy atom. The lowest BCUT2D eigenvalue weighted by atomic mass is 10.2. The lowest BCUT2D eigenvalue weighted by Crippen LogP contribution is -2.46. The molecule has 4 N–H and O–H groups in total. The zero-order valence-electron chi connectivity index (χ0n) is 8.14. The Morgan fingerprint density at radius 1 is 1.27 bits per heavy atom. The van der Waals surface area contributed by atoms with Crippen molar-refractivity contribution in [1.29, 1.82) is 0 Å². The molecule has 0 aliphatic rings. The van der Waals surface area contributed by atoms with Gasteiger partial charge in [-0.2, -0.15) is 0 Å². The van der Waals surface area contributed by atoms with Gasteiger partial charge < -0.3 is 20.6 Å². The topological polar surface area (TPSA) is 124 Å². The van der Waals surface area contributed by atoms with Crippen molar-refractivity contribution in [3.63, 3.8) is 0 Å². The first-order valence-corrected chi connectivity index (χ1v) is 4.31. The van der Waals surface area contributed by atoms with Gasteiger partial charge in [0, 0.05) is 0 Å². The zero-order chi connectivity index (χ0) is 12.0. The van der Waals surface area contributed by atoms with Crippen molar-refractivity contribution >= 4 is 17.8 Å². The molecule has 1 amide bonds. The molecule has 0 saturated heterocycles. The summed E-state index contributed by atoms with van der Waals surface area (Å²) in [5.74, 6) is -3.67. The first kappa shape index (κ1) is 13.4. The van der Waals surface area contributed by atoms with Gasteiger partial charge in [0.15, 0.2) is 0 Å². The number of carbonyl (C=O) groups is 3. The molecule has 0 rings (SSSR count). The van der Waals surface area contributed by atoms with Crippen LogP contribution >= 0.6 is 0 Å². The van der Waals surface area contributed by atoms with E-state index < -0.39 is 36.4 Å². The zero-order valence-corrected chi connectivity index (χ0v) is 8.14. The molecule has 0 heterocycles. The Labute approximate surface area is 85.7 Å². The summed E-state index contributed by atoms with van der Waals surface area (Å²) in [5, 5.41) is 27.9. The molecule has 0 spiro atoms. The van der Waals surface area contributed by atoms with Gasteiger partial charge >= 0.3 is 11.9 Å². The summed E-state index contributed by atoms with van der Waals surface area (Å²) in [5.41, 5.74) is 0. The van der Waals surface area contributed by atoms with Crippen LogP contribution in [0.4, 0.5) is 0 Å². The Kier molecular flexibility index (Phi) is 5.32. The molecule has 2 atom stereocenters. The second-order valence-corrected chi connectivity index (χ2v) is 2.92. The van der Waals surface area contributed by atoms with Crippen LogP contribution in [-0.4, -0.2) is 45.3 Å². The number of aliphatic carboxylic acids is 2. The molecule has 0 saturated carbocycles. The van der Waals surface area contributed by atoms with E-state index in [0.717, 1.165) is 0 Å². The van der Waals surface area contributed by atoms with Crippen molar-refractivity contribution in [3.8, 4) is 0 Å². The lowest BCUT2D eigenvalue weighted by molar-refractivity contribution is -0.148. The molecule has 7 nitrogen and oxygen atoms in total. The fraction of sp³-hybridized carbons (Fsp3) is 0.625. The predicted molar refractivity (Wildman–Crippen MR) is 48.1 cm³/mol. The molecule has 0 aliphatic heterocycles. The number of nitrogens with one attached hydrogen (secondary N) is 1. The average Bonchev–Trinajstić information content (AvgIpc) is 2.14. The van der Waals surface area contributed by atoms with Gasteiger partial charge in [-0.1, -0.05) is 6.92 Å². The van der Waals surface area contributed by atoms with Crippen molar-refractivity contribution in [2.75, 3.05) is 0 Å². The number of amides is 1. The van der Waals surface area contributed by atoms with Gasteiger partial charge in [-0.05, 0) is 6.42 Å². The van der Waals surface area contributed by atoms with Gasteiger partial charge in [0.2, 0.25) is 5.91 Å². The fourth-order valence-electron chi connectivity index (χ4n) is 0.828. The maximum absolute atomic E-state index is 11.1. The maximum Gasteiger partial charge on any atom is 0.326 e. The molecule has 0 bridgehead atoms. The minimum absolute atomic E-state index is 0.130. The number of carboxylic acids is 2. The Bertz CT molecular complexity index is 264. The van der Waals surface area contributed by atoms with Gasteiger partial charge in [-0.25, -0.2) is 4.79 Å². The number of rotatable bonds is 6. The minimum atomic E-state index is -1.52. The molecule has 0 aromatic carbocycles. The van der Waals surface area contributed by atoms with Gasteiger partial charge in [0.25, 0.3) is 0 Å². The molecule has 0 fully saturated rings. The van der Waals surface area contributed by atoms with Gasteiger partial charge in [-0.3, -0.25) is 9.59 Å². The van der Waals surface area contributed by atoms with Crippen LogP contribution in [0, 0.1) is 0 Å². The lowest BCUT2D eigenvalue weighted by Gasteiger charge is -2.14. The van der Waals surface area contributed by atoms with E-state index in [1.807, 2.05) is 5.32 Å². The summed E-state index contributed by atoms with van der Waals surface area (Å²) >= 11 is 0. The molecule has 0 radical (unpaired) electrons. The number of aliphatic hydroxyl groups is 1. The smallest absolute Gasteiger partial charge is 0.326 e. The molecule has 0 aliphatic carbocycles. The largest absolute Gasteiger partial charge is 0.481 e. The fourth-order valence-corrected chi connectivity index (χ4v) is 0.828. The van der Waals surface area contributed by atoms with Gasteiger partial charge in [0.1, 0.15) is 12.1 Å². The molecule has 0 aromatic rings. The molecular formula is C8H13NO6. The number of carbonyl (C=O) groups excluding carboxylic acids is 1. The second-order valence-electron chi connectivity index (χ2n) is 2.92. The van der Waals surface area contributed by atoms with Gasteiger partial charge in [0.05, 0.1) is 6.42 Å². The van der Waals surface area contributed by atoms with Crippen molar-refractivity contribution in [2.24, 2.45) is 0 Å². The minimum Gasteiger partial charge on any atom is -0.481 e.